The van der Waals surface area contributed by atoms with Gasteiger partial charge in [-0.2, -0.15) is 0 Å². The lowest BCUT2D eigenvalue weighted by Gasteiger charge is -2.36. The van der Waals surface area contributed by atoms with Crippen molar-refractivity contribution in [3.05, 3.63) is 108 Å². The molecule has 0 radical (unpaired) electrons. The summed E-state index contributed by atoms with van der Waals surface area (Å²) in [6, 6.07) is 24.2. The molecule has 11 heteroatoms. The first-order valence-corrected chi connectivity index (χ1v) is 16.4. The minimum Gasteiger partial charge on any atom is -0.397 e. The molecule has 1 fully saturated rings. The van der Waals surface area contributed by atoms with Gasteiger partial charge in [0.25, 0.3) is 0 Å². The largest absolute Gasteiger partial charge is 0.397 e. The van der Waals surface area contributed by atoms with Crippen LogP contribution in [0.3, 0.4) is 0 Å². The second-order valence-electron chi connectivity index (χ2n) is 11.1. The first kappa shape index (κ1) is 33.1. The average molecular weight is 642 g/mol. The van der Waals surface area contributed by atoms with Crippen LogP contribution in [0.15, 0.2) is 96.4 Å². The van der Waals surface area contributed by atoms with Crippen LogP contribution in [0.1, 0.15) is 67.6 Å². The van der Waals surface area contributed by atoms with E-state index in [9.17, 15) is 14.7 Å². The fourth-order valence-electron chi connectivity index (χ4n) is 5.11. The summed E-state index contributed by atoms with van der Waals surface area (Å²) in [7, 11) is 0. The molecule has 0 unspecified atom stereocenters. The first-order valence-electron chi connectivity index (χ1n) is 15.4. The lowest BCUT2D eigenvalue weighted by Crippen LogP contribution is -2.31. The van der Waals surface area contributed by atoms with Gasteiger partial charge in [0.1, 0.15) is 0 Å². The third-order valence-electron chi connectivity index (χ3n) is 7.54. The summed E-state index contributed by atoms with van der Waals surface area (Å²) in [6.07, 6.45) is 5.89. The van der Waals surface area contributed by atoms with Gasteiger partial charge in [-0.25, -0.2) is 9.97 Å². The normalized spacial score (nSPS) is 17.7. The summed E-state index contributed by atoms with van der Waals surface area (Å²) in [4.78, 5) is 33.6. The zero-order valence-corrected chi connectivity index (χ0v) is 26.3. The van der Waals surface area contributed by atoms with E-state index in [-0.39, 0.29) is 30.6 Å². The van der Waals surface area contributed by atoms with Gasteiger partial charge in [-0.15, -0.1) is 0 Å². The van der Waals surface area contributed by atoms with Crippen molar-refractivity contribution < 1.29 is 24.2 Å². The van der Waals surface area contributed by atoms with Crippen LogP contribution in [0.2, 0.25) is 0 Å². The van der Waals surface area contributed by atoms with Gasteiger partial charge in [-0.1, -0.05) is 66.7 Å². The maximum absolute atomic E-state index is 12.7. The summed E-state index contributed by atoms with van der Waals surface area (Å²) in [5.74, 6) is 0.459. The minimum absolute atomic E-state index is 0.0196. The SMILES string of the molecule is Nc1ccccc1NC(=O)CCCCCC(=O)Nc1cccc([C@H]2O[C@@H](CSc3ncccn3)C[C@@H](c3ccc(CO)cc3)O2)c1. The Morgan fingerprint density at radius 2 is 1.59 bits per heavy atom. The number of rotatable bonds is 14. The Morgan fingerprint density at radius 3 is 2.33 bits per heavy atom. The van der Waals surface area contributed by atoms with Crippen LogP contribution in [0.5, 0.6) is 0 Å². The molecule has 2 heterocycles. The van der Waals surface area contributed by atoms with Crippen molar-refractivity contribution in [2.24, 2.45) is 0 Å². The van der Waals surface area contributed by atoms with Crippen LogP contribution in [0.25, 0.3) is 0 Å². The molecule has 1 aromatic heterocycles. The fraction of sp³-hybridized carbons (Fsp3) is 0.314. The molecule has 4 aromatic rings. The lowest BCUT2D eigenvalue weighted by molar-refractivity contribution is -0.245. The highest BCUT2D eigenvalue weighted by molar-refractivity contribution is 7.99. The van der Waals surface area contributed by atoms with Gasteiger partial charge >= 0.3 is 0 Å². The molecule has 240 valence electrons. The fourth-order valence-corrected chi connectivity index (χ4v) is 5.93. The summed E-state index contributed by atoms with van der Waals surface area (Å²) >= 11 is 1.53. The van der Waals surface area contributed by atoms with Crippen LogP contribution in [-0.2, 0) is 25.7 Å². The van der Waals surface area contributed by atoms with Gasteiger partial charge in [0.2, 0.25) is 11.8 Å². The monoisotopic (exact) mass is 641 g/mol. The molecule has 1 saturated heterocycles. The molecule has 0 aliphatic carbocycles. The molecule has 1 aliphatic rings. The van der Waals surface area contributed by atoms with Crippen molar-refractivity contribution in [3.8, 4) is 0 Å². The van der Waals surface area contributed by atoms with E-state index >= 15 is 0 Å². The predicted molar refractivity (Wildman–Crippen MR) is 179 cm³/mol. The third kappa shape index (κ3) is 9.85. The van der Waals surface area contributed by atoms with Crippen LogP contribution in [-0.4, -0.2) is 38.7 Å². The number of anilines is 3. The quantitative estimate of drug-likeness (QED) is 0.0530. The Balaban J connectivity index is 1.14. The van der Waals surface area contributed by atoms with E-state index in [0.717, 1.165) is 23.1 Å². The number of ether oxygens (including phenoxy) is 2. The smallest absolute Gasteiger partial charge is 0.224 e. The second-order valence-corrected chi connectivity index (χ2v) is 12.0. The van der Waals surface area contributed by atoms with Crippen molar-refractivity contribution in [2.75, 3.05) is 22.1 Å². The van der Waals surface area contributed by atoms with E-state index in [1.807, 2.05) is 60.7 Å². The number of hydrogen-bond donors (Lipinski definition) is 4. The number of benzene rings is 3. The number of nitrogens with one attached hydrogen (secondary N) is 2. The predicted octanol–water partition coefficient (Wildman–Crippen LogP) is 6.42. The third-order valence-corrected chi connectivity index (χ3v) is 8.55. The van der Waals surface area contributed by atoms with Crippen molar-refractivity contribution in [1.82, 2.24) is 9.97 Å². The summed E-state index contributed by atoms with van der Waals surface area (Å²) in [5, 5.41) is 16.0. The summed E-state index contributed by atoms with van der Waals surface area (Å²) in [5.41, 5.74) is 10.3. The molecule has 3 aromatic carbocycles. The second kappa shape index (κ2) is 16.9. The number of carbonyl (C=O) groups is 2. The van der Waals surface area contributed by atoms with Crippen LogP contribution in [0.4, 0.5) is 17.1 Å². The van der Waals surface area contributed by atoms with Crippen LogP contribution < -0.4 is 16.4 Å². The van der Waals surface area contributed by atoms with E-state index in [2.05, 4.69) is 20.6 Å². The van der Waals surface area contributed by atoms with Crippen molar-refractivity contribution in [3.63, 3.8) is 0 Å². The molecule has 10 nitrogen and oxygen atoms in total. The number of nitrogen functional groups attached to an aromatic ring is 1. The number of unbranched alkanes of at least 4 members (excludes halogenated alkanes) is 2. The van der Waals surface area contributed by atoms with Gasteiger partial charge in [0, 0.05) is 48.7 Å². The topological polar surface area (TPSA) is 149 Å². The number of aliphatic hydroxyl groups is 1. The van der Waals surface area contributed by atoms with Crippen molar-refractivity contribution >= 4 is 40.6 Å². The number of hydrogen-bond acceptors (Lipinski definition) is 9. The molecule has 5 N–H and O–H groups in total. The van der Waals surface area contributed by atoms with Gasteiger partial charge in [0.05, 0.1) is 30.2 Å². The highest BCUT2D eigenvalue weighted by atomic mass is 32.2. The zero-order chi connectivity index (χ0) is 32.1. The number of carbonyl (C=O) groups excluding carboxylic acids is 2. The molecule has 0 spiro atoms. The van der Waals surface area contributed by atoms with E-state index < -0.39 is 6.29 Å². The van der Waals surface area contributed by atoms with Gasteiger partial charge in [-0.05, 0) is 54.3 Å². The molecule has 0 bridgehead atoms. The number of para-hydroxylation sites is 2. The number of amides is 2. The van der Waals surface area contributed by atoms with Crippen LogP contribution >= 0.6 is 11.8 Å². The molecule has 3 atom stereocenters. The zero-order valence-electron chi connectivity index (χ0n) is 25.5. The Hall–Kier alpha value is -4.29. The number of nitrogens with zero attached hydrogens (tertiary/aromatic N) is 2. The maximum atomic E-state index is 12.7. The van der Waals surface area contributed by atoms with Gasteiger partial charge in [-0.3, -0.25) is 9.59 Å². The number of aliphatic hydroxyl groups excluding tert-OH is 1. The number of nitrogens with two attached hydrogens (primary N) is 1. The number of aromatic nitrogens is 2. The van der Waals surface area contributed by atoms with E-state index in [4.69, 9.17) is 15.2 Å². The molecular formula is C35H39N5O5S. The highest BCUT2D eigenvalue weighted by Gasteiger charge is 2.32. The van der Waals surface area contributed by atoms with Gasteiger partial charge < -0.3 is 30.9 Å². The maximum Gasteiger partial charge on any atom is 0.224 e. The summed E-state index contributed by atoms with van der Waals surface area (Å²) in [6.45, 7) is -0.0196. The standard InChI is InChI=1S/C35H39N5O5S/c36-29-10-4-5-11-30(29)40-33(43)13-3-1-2-12-32(42)39-27-9-6-8-26(20-27)34-44-28(23-46-35-37-18-7-19-38-35)21-31(45-34)25-16-14-24(22-41)15-17-25/h4-11,14-20,28,31,34,41H,1-3,12-13,21-23,36H2,(H,39,42)(H,40,43)/t28-,31+,34+/m1/s1. The molecule has 1 aliphatic heterocycles. The molecule has 0 saturated carbocycles. The van der Waals surface area contributed by atoms with Crippen LogP contribution in [0, 0.1) is 0 Å². The van der Waals surface area contributed by atoms with E-state index in [0.29, 0.717) is 60.1 Å². The van der Waals surface area contributed by atoms with E-state index in [1.54, 1.807) is 30.6 Å². The Kier molecular flexibility index (Phi) is 12.1. The van der Waals surface area contributed by atoms with Crippen molar-refractivity contribution in [1.29, 1.82) is 0 Å². The molecule has 46 heavy (non-hydrogen) atoms. The Labute approximate surface area is 273 Å². The molecule has 5 rings (SSSR count). The highest BCUT2D eigenvalue weighted by Crippen LogP contribution is 2.39. The average Bonchev–Trinajstić information content (AvgIpc) is 3.08. The molecule has 2 amide bonds. The Bertz CT molecular complexity index is 1570. The minimum atomic E-state index is -0.646. The van der Waals surface area contributed by atoms with E-state index in [1.165, 1.54) is 11.8 Å². The Morgan fingerprint density at radius 1 is 0.848 bits per heavy atom. The van der Waals surface area contributed by atoms with Crippen molar-refractivity contribution in [2.45, 2.75) is 68.8 Å². The molecular weight excluding hydrogens is 602 g/mol. The lowest BCUT2D eigenvalue weighted by atomic mass is 10.0. The number of thioether (sulfide) groups is 1. The first-order chi connectivity index (χ1) is 22.5. The summed E-state index contributed by atoms with van der Waals surface area (Å²) < 4.78 is 12.9. The van der Waals surface area contributed by atoms with Gasteiger partial charge in [0.15, 0.2) is 11.4 Å².